The molecule has 0 atom stereocenters. The second kappa shape index (κ2) is 8.61. The van der Waals surface area contributed by atoms with E-state index in [2.05, 4.69) is 33.1 Å². The summed E-state index contributed by atoms with van der Waals surface area (Å²) in [5, 5.41) is 15.5. The maximum Gasteiger partial charge on any atom is 0.124 e. The van der Waals surface area contributed by atoms with Crippen LogP contribution in [0.1, 0.15) is 11.1 Å². The Kier molecular flexibility index (Phi) is 5.73. The van der Waals surface area contributed by atoms with Crippen molar-refractivity contribution in [3.05, 3.63) is 77.4 Å². The van der Waals surface area contributed by atoms with Gasteiger partial charge in [-0.15, -0.1) is 0 Å². The Labute approximate surface area is 181 Å². The Bertz CT molecular complexity index is 1140. The molecule has 0 amide bonds. The molecule has 0 spiro atoms. The van der Waals surface area contributed by atoms with Crippen molar-refractivity contribution in [3.63, 3.8) is 0 Å². The fraction of sp³-hybridized carbons (Fsp3) is 0.261. The number of aromatic hydroxyl groups is 1. The van der Waals surface area contributed by atoms with E-state index in [0.717, 1.165) is 43.6 Å². The Morgan fingerprint density at radius 3 is 2.52 bits per heavy atom. The van der Waals surface area contributed by atoms with Crippen LogP contribution in [0.3, 0.4) is 0 Å². The fourth-order valence-corrected chi connectivity index (χ4v) is 4.02. The number of aryl methyl sites for hydroxylation is 1. The molecule has 0 radical (unpaired) electrons. The first-order valence-corrected chi connectivity index (χ1v) is 10.3. The topological polar surface area (TPSA) is 123 Å². The van der Waals surface area contributed by atoms with Gasteiger partial charge in [0, 0.05) is 56.4 Å². The third-order valence-corrected chi connectivity index (χ3v) is 5.73. The van der Waals surface area contributed by atoms with Crippen molar-refractivity contribution in [1.29, 1.82) is 0 Å². The second-order valence-electron chi connectivity index (χ2n) is 7.88. The highest BCUT2D eigenvalue weighted by Gasteiger charge is 2.20. The van der Waals surface area contributed by atoms with Gasteiger partial charge in [0.05, 0.1) is 17.4 Å². The zero-order valence-electron chi connectivity index (χ0n) is 17.7. The summed E-state index contributed by atoms with van der Waals surface area (Å²) in [6, 6.07) is 13.4. The van der Waals surface area contributed by atoms with E-state index >= 15 is 0 Å². The highest BCUT2D eigenvalue weighted by atomic mass is 16.3. The number of rotatable bonds is 5. The average Bonchev–Trinajstić information content (AvgIpc) is 3.13. The molecule has 7 N–H and O–H groups in total. The number of fused-ring (bicyclic) bond motifs is 1. The van der Waals surface area contributed by atoms with Gasteiger partial charge in [0.2, 0.25) is 0 Å². The molecule has 0 bridgehead atoms. The molecule has 3 aromatic rings. The number of hydrogen-bond donors (Lipinski definition) is 4. The van der Waals surface area contributed by atoms with E-state index in [1.165, 1.54) is 5.56 Å². The van der Waals surface area contributed by atoms with Crippen LogP contribution in [0.15, 0.2) is 66.3 Å². The van der Waals surface area contributed by atoms with Crippen LogP contribution in [-0.2, 0) is 13.6 Å². The number of hydrogen-bond acceptors (Lipinski definition) is 7. The third kappa shape index (κ3) is 4.44. The maximum atomic E-state index is 10.1. The molecule has 4 rings (SSSR count). The summed E-state index contributed by atoms with van der Waals surface area (Å²) >= 11 is 0. The minimum atomic E-state index is 0.126. The molecule has 162 valence electrons. The smallest absolute Gasteiger partial charge is 0.124 e. The molecule has 0 saturated carbocycles. The van der Waals surface area contributed by atoms with Crippen molar-refractivity contribution in [1.82, 2.24) is 19.6 Å². The number of phenols is 1. The number of benzene rings is 2. The number of phenolic OH excluding ortho intramolecular Hbond substituents is 1. The largest absolute Gasteiger partial charge is 0.507 e. The molecule has 2 aromatic carbocycles. The predicted octanol–water partition coefficient (Wildman–Crippen LogP) is 1.48. The van der Waals surface area contributed by atoms with Crippen LogP contribution < -0.4 is 17.2 Å². The van der Waals surface area contributed by atoms with E-state index in [4.69, 9.17) is 17.2 Å². The molecule has 31 heavy (non-hydrogen) atoms. The van der Waals surface area contributed by atoms with Gasteiger partial charge in [-0.3, -0.25) is 9.58 Å². The van der Waals surface area contributed by atoms with Crippen LogP contribution in [-0.4, -0.2) is 50.9 Å². The standard InChI is InChI=1S/C23H29N7O/c1-28-20-7-6-16(12-17(20)14-27-28)15-29-8-10-30(11-9-29)21(23(25)26)13-19(24)18-4-2-3-5-22(18)31/h2-7,12-14,31H,8-11,15,24-26H2,1H3/b19-13-. The summed E-state index contributed by atoms with van der Waals surface area (Å²) in [5.74, 6) is 0.343. The first-order chi connectivity index (χ1) is 14.9. The lowest BCUT2D eigenvalue weighted by Crippen LogP contribution is -2.46. The van der Waals surface area contributed by atoms with Gasteiger partial charge < -0.3 is 27.2 Å². The monoisotopic (exact) mass is 419 g/mol. The lowest BCUT2D eigenvalue weighted by molar-refractivity contribution is 0.155. The molecule has 1 aromatic heterocycles. The van der Waals surface area contributed by atoms with E-state index < -0.39 is 0 Å². The SMILES string of the molecule is Cn1ncc2cc(CN3CCN(C(/C=C(\N)c4ccccc4O)=C(N)N)CC3)ccc21. The molecule has 2 heterocycles. The Hall–Kier alpha value is -3.65. The summed E-state index contributed by atoms with van der Waals surface area (Å²) in [4.78, 5) is 4.55. The number of allylic oxidation sites excluding steroid dienone is 1. The van der Waals surface area contributed by atoms with Gasteiger partial charge >= 0.3 is 0 Å². The summed E-state index contributed by atoms with van der Waals surface area (Å²) in [6.45, 7) is 4.21. The van der Waals surface area contributed by atoms with Crippen LogP contribution in [0.25, 0.3) is 16.6 Å². The molecule has 1 fully saturated rings. The van der Waals surface area contributed by atoms with Crippen molar-refractivity contribution in [3.8, 4) is 5.75 Å². The minimum Gasteiger partial charge on any atom is -0.507 e. The highest BCUT2D eigenvalue weighted by Crippen LogP contribution is 2.24. The normalized spacial score (nSPS) is 15.4. The van der Waals surface area contributed by atoms with Gasteiger partial charge in [0.25, 0.3) is 0 Å². The average molecular weight is 420 g/mol. The van der Waals surface area contributed by atoms with Crippen LogP contribution >= 0.6 is 0 Å². The van der Waals surface area contributed by atoms with E-state index in [-0.39, 0.29) is 11.6 Å². The van der Waals surface area contributed by atoms with Gasteiger partial charge in [-0.1, -0.05) is 18.2 Å². The Morgan fingerprint density at radius 2 is 1.81 bits per heavy atom. The van der Waals surface area contributed by atoms with Crippen molar-refractivity contribution in [2.45, 2.75) is 6.54 Å². The van der Waals surface area contributed by atoms with E-state index in [9.17, 15) is 5.11 Å². The van der Waals surface area contributed by atoms with Crippen LogP contribution in [0.5, 0.6) is 5.75 Å². The number of nitrogens with zero attached hydrogens (tertiary/aromatic N) is 4. The van der Waals surface area contributed by atoms with Crippen molar-refractivity contribution < 1.29 is 5.11 Å². The van der Waals surface area contributed by atoms with Gasteiger partial charge in [-0.2, -0.15) is 5.10 Å². The lowest BCUT2D eigenvalue weighted by atomic mass is 10.1. The van der Waals surface area contributed by atoms with E-state index in [1.807, 2.05) is 24.0 Å². The molecular formula is C23H29N7O. The molecular weight excluding hydrogens is 390 g/mol. The number of piperazine rings is 1. The van der Waals surface area contributed by atoms with Crippen molar-refractivity contribution >= 4 is 16.6 Å². The summed E-state index contributed by atoms with van der Waals surface area (Å²) in [7, 11) is 1.95. The fourth-order valence-electron chi connectivity index (χ4n) is 4.02. The van der Waals surface area contributed by atoms with Gasteiger partial charge in [0.15, 0.2) is 0 Å². The highest BCUT2D eigenvalue weighted by molar-refractivity contribution is 5.79. The molecule has 0 aliphatic carbocycles. The minimum absolute atomic E-state index is 0.126. The van der Waals surface area contributed by atoms with Crippen LogP contribution in [0.4, 0.5) is 0 Å². The summed E-state index contributed by atoms with van der Waals surface area (Å²) in [6.07, 6.45) is 3.65. The number of para-hydroxylation sites is 1. The number of nitrogens with two attached hydrogens (primary N) is 3. The zero-order valence-corrected chi connectivity index (χ0v) is 17.7. The van der Waals surface area contributed by atoms with Crippen molar-refractivity contribution in [2.24, 2.45) is 24.2 Å². The van der Waals surface area contributed by atoms with Gasteiger partial charge in [-0.05, 0) is 35.9 Å². The molecule has 8 nitrogen and oxygen atoms in total. The Morgan fingerprint density at radius 1 is 1.06 bits per heavy atom. The van der Waals surface area contributed by atoms with Crippen molar-refractivity contribution in [2.75, 3.05) is 26.2 Å². The summed E-state index contributed by atoms with van der Waals surface area (Å²) in [5.41, 5.74) is 22.3. The molecule has 1 aliphatic heterocycles. The van der Waals surface area contributed by atoms with E-state index in [1.54, 1.807) is 24.3 Å². The predicted molar refractivity (Wildman–Crippen MR) is 123 cm³/mol. The van der Waals surface area contributed by atoms with Gasteiger partial charge in [0.1, 0.15) is 11.6 Å². The van der Waals surface area contributed by atoms with Crippen LogP contribution in [0.2, 0.25) is 0 Å². The second-order valence-corrected chi connectivity index (χ2v) is 7.88. The third-order valence-electron chi connectivity index (χ3n) is 5.73. The van der Waals surface area contributed by atoms with E-state index in [0.29, 0.717) is 17.0 Å². The lowest BCUT2D eigenvalue weighted by Gasteiger charge is -2.37. The van der Waals surface area contributed by atoms with Crippen LogP contribution in [0, 0.1) is 0 Å². The van der Waals surface area contributed by atoms with Gasteiger partial charge in [-0.25, -0.2) is 0 Å². The Balaban J connectivity index is 1.43. The number of aromatic nitrogens is 2. The zero-order chi connectivity index (χ0) is 22.0. The summed E-state index contributed by atoms with van der Waals surface area (Å²) < 4.78 is 1.89. The maximum absolute atomic E-state index is 10.1. The quantitative estimate of drug-likeness (QED) is 0.462. The molecule has 1 saturated heterocycles. The molecule has 8 heteroatoms. The first kappa shape index (κ1) is 20.6. The molecule has 0 unspecified atom stereocenters. The molecule has 1 aliphatic rings. The first-order valence-electron chi connectivity index (χ1n) is 10.3.